The third-order valence-electron chi connectivity index (χ3n) is 2.81. The van der Waals surface area contributed by atoms with Crippen molar-refractivity contribution >= 4 is 21.9 Å². The average molecular weight is 355 g/mol. The summed E-state index contributed by atoms with van der Waals surface area (Å²) in [6, 6.07) is 9.25. The first-order valence-electron chi connectivity index (χ1n) is 6.00. The molecule has 0 bridgehead atoms. The Morgan fingerprint density at radius 1 is 1.29 bits per heavy atom. The molecule has 6 heteroatoms. The Hall–Kier alpha value is -2.08. The lowest BCUT2D eigenvalue weighted by atomic mass is 10.2. The first-order chi connectivity index (χ1) is 10.0. The van der Waals surface area contributed by atoms with E-state index in [2.05, 4.69) is 15.9 Å². The molecule has 0 atom stereocenters. The predicted octanol–water partition coefficient (Wildman–Crippen LogP) is 3.87. The van der Waals surface area contributed by atoms with Crippen molar-refractivity contribution in [2.24, 2.45) is 0 Å². The van der Waals surface area contributed by atoms with Crippen molar-refractivity contribution in [3.63, 3.8) is 0 Å². The van der Waals surface area contributed by atoms with Crippen LogP contribution in [0.1, 0.15) is 15.9 Å². The minimum atomic E-state index is -1.37. The molecule has 0 aliphatic rings. The molecule has 1 N–H and O–H groups in total. The van der Waals surface area contributed by atoms with Crippen LogP contribution < -0.4 is 9.47 Å². The second kappa shape index (κ2) is 6.58. The number of halogens is 2. The van der Waals surface area contributed by atoms with Gasteiger partial charge < -0.3 is 14.6 Å². The fourth-order valence-electron chi connectivity index (χ4n) is 1.85. The maximum absolute atomic E-state index is 13.5. The highest BCUT2D eigenvalue weighted by atomic mass is 79.9. The largest absolute Gasteiger partial charge is 0.496 e. The number of benzene rings is 2. The van der Waals surface area contributed by atoms with E-state index in [-0.39, 0.29) is 12.4 Å². The summed E-state index contributed by atoms with van der Waals surface area (Å²) in [5, 5.41) is 9.04. The fourth-order valence-corrected chi connectivity index (χ4v) is 2.26. The van der Waals surface area contributed by atoms with E-state index in [0.717, 1.165) is 10.5 Å². The number of aromatic carboxylic acids is 1. The van der Waals surface area contributed by atoms with Gasteiger partial charge in [-0.05, 0) is 30.3 Å². The van der Waals surface area contributed by atoms with Gasteiger partial charge in [-0.25, -0.2) is 9.18 Å². The van der Waals surface area contributed by atoms with Crippen LogP contribution in [-0.2, 0) is 6.61 Å². The van der Waals surface area contributed by atoms with Crippen LogP contribution in [0.4, 0.5) is 4.39 Å². The minimum Gasteiger partial charge on any atom is -0.496 e. The molecule has 2 rings (SSSR count). The SMILES string of the molecule is COc1ccc(Br)cc1COc1cccc(F)c1C(=O)O. The van der Waals surface area contributed by atoms with Crippen LogP contribution >= 0.6 is 15.9 Å². The van der Waals surface area contributed by atoms with Crippen LogP contribution in [0.2, 0.25) is 0 Å². The smallest absolute Gasteiger partial charge is 0.342 e. The van der Waals surface area contributed by atoms with E-state index >= 15 is 0 Å². The first-order valence-corrected chi connectivity index (χ1v) is 6.79. The lowest BCUT2D eigenvalue weighted by Crippen LogP contribution is -2.06. The zero-order chi connectivity index (χ0) is 15.4. The van der Waals surface area contributed by atoms with Crippen LogP contribution in [0, 0.1) is 5.82 Å². The van der Waals surface area contributed by atoms with Crippen molar-refractivity contribution in [2.45, 2.75) is 6.61 Å². The maximum atomic E-state index is 13.5. The quantitative estimate of drug-likeness (QED) is 0.885. The first kappa shape index (κ1) is 15.3. The Morgan fingerprint density at radius 2 is 2.05 bits per heavy atom. The molecule has 0 aromatic heterocycles. The normalized spacial score (nSPS) is 10.2. The van der Waals surface area contributed by atoms with Gasteiger partial charge >= 0.3 is 5.97 Å². The minimum absolute atomic E-state index is 0.0236. The van der Waals surface area contributed by atoms with Crippen LogP contribution in [0.3, 0.4) is 0 Å². The lowest BCUT2D eigenvalue weighted by Gasteiger charge is -2.12. The number of carbonyl (C=O) groups is 1. The summed E-state index contributed by atoms with van der Waals surface area (Å²) in [7, 11) is 1.53. The number of carboxylic acid groups (broad SMARTS) is 1. The van der Waals surface area contributed by atoms with Crippen molar-refractivity contribution < 1.29 is 23.8 Å². The molecule has 0 aliphatic heterocycles. The monoisotopic (exact) mass is 354 g/mol. The molecule has 21 heavy (non-hydrogen) atoms. The topological polar surface area (TPSA) is 55.8 Å². The van der Waals surface area contributed by atoms with E-state index in [0.29, 0.717) is 11.3 Å². The summed E-state index contributed by atoms with van der Waals surface area (Å²) in [6.07, 6.45) is 0. The fraction of sp³-hybridized carbons (Fsp3) is 0.133. The standard InChI is InChI=1S/C15H12BrFO4/c1-20-12-6-5-10(16)7-9(12)8-21-13-4-2-3-11(17)14(13)15(18)19/h2-7H,8H2,1H3,(H,18,19). The van der Waals surface area contributed by atoms with Crippen LogP contribution in [0.25, 0.3) is 0 Å². The van der Waals surface area contributed by atoms with Gasteiger partial charge in [-0.3, -0.25) is 0 Å². The van der Waals surface area contributed by atoms with Crippen molar-refractivity contribution in [3.05, 3.63) is 57.8 Å². The number of rotatable bonds is 5. The third kappa shape index (κ3) is 3.52. The summed E-state index contributed by atoms with van der Waals surface area (Å²) in [6.45, 7) is 0.0619. The van der Waals surface area contributed by atoms with E-state index in [1.54, 1.807) is 12.1 Å². The van der Waals surface area contributed by atoms with Crippen LogP contribution in [0.5, 0.6) is 11.5 Å². The van der Waals surface area contributed by atoms with E-state index in [1.807, 2.05) is 6.07 Å². The van der Waals surface area contributed by atoms with Crippen molar-refractivity contribution in [1.29, 1.82) is 0 Å². The second-order valence-electron chi connectivity index (χ2n) is 4.16. The van der Waals surface area contributed by atoms with E-state index in [1.165, 1.54) is 19.2 Å². The molecule has 0 amide bonds. The van der Waals surface area contributed by atoms with E-state index < -0.39 is 17.3 Å². The zero-order valence-corrected chi connectivity index (χ0v) is 12.7. The number of hydrogen-bond acceptors (Lipinski definition) is 3. The number of hydrogen-bond donors (Lipinski definition) is 1. The van der Waals surface area contributed by atoms with Gasteiger partial charge in [0.15, 0.2) is 0 Å². The van der Waals surface area contributed by atoms with Crippen molar-refractivity contribution in [2.75, 3.05) is 7.11 Å². The highest BCUT2D eigenvalue weighted by Crippen LogP contribution is 2.27. The Balaban J connectivity index is 2.27. The molecule has 0 aliphatic carbocycles. The summed E-state index contributed by atoms with van der Waals surface area (Å²) < 4.78 is 25.0. The lowest BCUT2D eigenvalue weighted by molar-refractivity contribution is 0.0686. The zero-order valence-electron chi connectivity index (χ0n) is 11.1. The van der Waals surface area contributed by atoms with Crippen LogP contribution in [0.15, 0.2) is 40.9 Å². The van der Waals surface area contributed by atoms with Gasteiger partial charge in [0.2, 0.25) is 0 Å². The number of methoxy groups -OCH3 is 1. The van der Waals surface area contributed by atoms with Crippen molar-refractivity contribution in [3.8, 4) is 11.5 Å². The summed E-state index contributed by atoms with van der Waals surface area (Å²) >= 11 is 3.34. The highest BCUT2D eigenvalue weighted by molar-refractivity contribution is 9.10. The molecule has 2 aromatic rings. The van der Waals surface area contributed by atoms with Gasteiger partial charge in [0.25, 0.3) is 0 Å². The molecule has 2 aromatic carbocycles. The molecule has 0 fully saturated rings. The number of carboxylic acids is 1. The molecular weight excluding hydrogens is 343 g/mol. The third-order valence-corrected chi connectivity index (χ3v) is 3.31. The predicted molar refractivity (Wildman–Crippen MR) is 78.4 cm³/mol. The molecule has 0 heterocycles. The Labute approximate surface area is 129 Å². The van der Waals surface area contributed by atoms with Gasteiger partial charge in [0, 0.05) is 10.0 Å². The van der Waals surface area contributed by atoms with Crippen LogP contribution in [-0.4, -0.2) is 18.2 Å². The Kier molecular flexibility index (Phi) is 4.80. The molecule has 4 nitrogen and oxygen atoms in total. The average Bonchev–Trinajstić information content (AvgIpc) is 2.44. The molecule has 0 saturated carbocycles. The van der Waals surface area contributed by atoms with Gasteiger partial charge in [0.05, 0.1) is 7.11 Å². The van der Waals surface area contributed by atoms with E-state index in [4.69, 9.17) is 14.6 Å². The summed E-state index contributed by atoms with van der Waals surface area (Å²) in [5.41, 5.74) is 0.235. The number of ether oxygens (including phenoxy) is 2. The second-order valence-corrected chi connectivity index (χ2v) is 5.08. The van der Waals surface area contributed by atoms with Gasteiger partial charge in [0.1, 0.15) is 29.5 Å². The summed E-state index contributed by atoms with van der Waals surface area (Å²) in [4.78, 5) is 11.1. The molecule has 110 valence electrons. The van der Waals surface area contributed by atoms with E-state index in [9.17, 15) is 9.18 Å². The molecule has 0 spiro atoms. The Bertz CT molecular complexity index is 673. The molecule has 0 unspecified atom stereocenters. The Morgan fingerprint density at radius 3 is 2.71 bits per heavy atom. The van der Waals surface area contributed by atoms with Crippen molar-refractivity contribution in [1.82, 2.24) is 0 Å². The molecule has 0 saturated heterocycles. The van der Waals surface area contributed by atoms with Gasteiger partial charge in [-0.2, -0.15) is 0 Å². The van der Waals surface area contributed by atoms with Gasteiger partial charge in [-0.1, -0.05) is 22.0 Å². The summed E-state index contributed by atoms with van der Waals surface area (Å²) in [5.74, 6) is -1.62. The van der Waals surface area contributed by atoms with Gasteiger partial charge in [-0.15, -0.1) is 0 Å². The maximum Gasteiger partial charge on any atom is 0.342 e. The molecule has 0 radical (unpaired) electrons. The highest BCUT2D eigenvalue weighted by Gasteiger charge is 2.17. The molecular formula is C15H12BrFO4.